The van der Waals surface area contributed by atoms with Crippen molar-refractivity contribution < 1.29 is 19.0 Å². The second kappa shape index (κ2) is 8.01. The van der Waals surface area contributed by atoms with E-state index in [1.807, 2.05) is 6.92 Å². The number of hydrogen-bond donors (Lipinski definition) is 0. The molecule has 0 fully saturated rings. The monoisotopic (exact) mass is 394 g/mol. The zero-order valence-corrected chi connectivity index (χ0v) is 15.6. The molecule has 0 N–H and O–H groups in total. The zero-order valence-electron chi connectivity index (χ0n) is 14.0. The van der Waals surface area contributed by atoms with E-state index in [0.29, 0.717) is 39.5 Å². The first-order chi connectivity index (χ1) is 11.6. The molecule has 24 heavy (non-hydrogen) atoms. The topological polar surface area (TPSA) is 62.6 Å². The minimum atomic E-state index is -0.155. The Morgan fingerprint density at radius 3 is 2.50 bits per heavy atom. The van der Waals surface area contributed by atoms with Gasteiger partial charge in [0.05, 0.1) is 32.0 Å². The van der Waals surface area contributed by atoms with Crippen LogP contribution in [0.1, 0.15) is 23.0 Å². The first-order valence-electron chi connectivity index (χ1n) is 7.30. The summed E-state index contributed by atoms with van der Waals surface area (Å²) < 4.78 is 18.3. The molecule has 0 saturated carbocycles. The molecule has 0 atom stereocenters. The molecule has 0 amide bonds. The van der Waals surface area contributed by atoms with Gasteiger partial charge in [-0.05, 0) is 47.1 Å². The third-order valence-electron chi connectivity index (χ3n) is 3.48. The maximum Gasteiger partial charge on any atom is 0.205 e. The number of benzene rings is 1. The van der Waals surface area contributed by atoms with Crippen LogP contribution >= 0.6 is 15.9 Å². The quantitative estimate of drug-likeness (QED) is 0.530. The van der Waals surface area contributed by atoms with E-state index < -0.39 is 0 Å². The van der Waals surface area contributed by atoms with Crippen LogP contribution in [0.4, 0.5) is 0 Å². The molecule has 7 heteroatoms. The van der Waals surface area contributed by atoms with Crippen molar-refractivity contribution in [1.82, 2.24) is 9.78 Å². The number of carbonyl (C=O) groups excluding carboxylic acids is 1. The minimum Gasteiger partial charge on any atom is -0.493 e. The highest BCUT2D eigenvalue weighted by atomic mass is 79.9. The number of aromatic nitrogens is 2. The average molecular weight is 395 g/mol. The highest BCUT2D eigenvalue weighted by Gasteiger charge is 2.16. The summed E-state index contributed by atoms with van der Waals surface area (Å²) >= 11 is 3.36. The average Bonchev–Trinajstić information content (AvgIpc) is 2.99. The van der Waals surface area contributed by atoms with Gasteiger partial charge in [-0.15, -0.1) is 0 Å². The normalized spacial score (nSPS) is 10.9. The van der Waals surface area contributed by atoms with Crippen molar-refractivity contribution in [1.29, 1.82) is 0 Å². The summed E-state index contributed by atoms with van der Waals surface area (Å²) in [4.78, 5) is 12.5. The predicted octanol–water partition coefficient (Wildman–Crippen LogP) is 3.59. The van der Waals surface area contributed by atoms with E-state index >= 15 is 0 Å². The van der Waals surface area contributed by atoms with Crippen LogP contribution in [0.3, 0.4) is 0 Å². The Morgan fingerprint density at radius 1 is 1.21 bits per heavy atom. The van der Waals surface area contributed by atoms with Gasteiger partial charge in [-0.3, -0.25) is 9.48 Å². The number of aryl methyl sites for hydroxylation is 1. The van der Waals surface area contributed by atoms with Crippen molar-refractivity contribution in [3.05, 3.63) is 40.1 Å². The molecule has 0 saturated heterocycles. The molecule has 0 spiro atoms. The number of ether oxygens (including phenoxy) is 3. The van der Waals surface area contributed by atoms with Crippen LogP contribution in [0.5, 0.6) is 17.2 Å². The number of nitrogens with zero attached hydrogens (tertiary/aromatic N) is 2. The van der Waals surface area contributed by atoms with Crippen molar-refractivity contribution in [3.63, 3.8) is 0 Å². The molecular formula is C17H19BrN2O4. The minimum absolute atomic E-state index is 0.155. The molecule has 2 rings (SSSR count). The number of ketones is 1. The van der Waals surface area contributed by atoms with E-state index in [1.54, 1.807) is 43.3 Å². The van der Waals surface area contributed by atoms with Gasteiger partial charge in [0.1, 0.15) is 5.69 Å². The lowest BCUT2D eigenvalue weighted by molar-refractivity contribution is 0.103. The Labute approximate surface area is 149 Å². The number of carbonyl (C=O) groups is 1. The maximum atomic E-state index is 12.5. The van der Waals surface area contributed by atoms with Gasteiger partial charge in [0, 0.05) is 12.1 Å². The van der Waals surface area contributed by atoms with Crippen LogP contribution in [0.2, 0.25) is 0 Å². The Hall–Kier alpha value is -2.28. The lowest BCUT2D eigenvalue weighted by Crippen LogP contribution is -2.08. The van der Waals surface area contributed by atoms with E-state index in [0.717, 1.165) is 0 Å². The summed E-state index contributed by atoms with van der Waals surface area (Å²) in [5.74, 6) is 1.39. The van der Waals surface area contributed by atoms with E-state index in [2.05, 4.69) is 21.0 Å². The van der Waals surface area contributed by atoms with Crippen molar-refractivity contribution in [3.8, 4) is 17.2 Å². The standard InChI is InChI=1S/C17H19BrN2O4/c1-5-20-15(12(18)10-19-20)13(21)8-6-11-7-9-14(22-2)17(24-4)16(11)23-3/h6-10H,5H2,1-4H3/b8-6+. The SMILES string of the molecule is CCn1ncc(Br)c1C(=O)/C=C/c1ccc(OC)c(OC)c1OC. The molecule has 0 radical (unpaired) electrons. The first-order valence-corrected chi connectivity index (χ1v) is 8.09. The second-order valence-electron chi connectivity index (χ2n) is 4.78. The molecule has 6 nitrogen and oxygen atoms in total. The van der Waals surface area contributed by atoms with Crippen molar-refractivity contribution in [2.45, 2.75) is 13.5 Å². The molecule has 0 unspecified atom stereocenters. The van der Waals surface area contributed by atoms with Crippen molar-refractivity contribution in [2.24, 2.45) is 0 Å². The first kappa shape index (κ1) is 18.1. The largest absolute Gasteiger partial charge is 0.493 e. The van der Waals surface area contributed by atoms with Crippen LogP contribution in [0.25, 0.3) is 6.08 Å². The van der Waals surface area contributed by atoms with E-state index in [-0.39, 0.29) is 5.78 Å². The van der Waals surface area contributed by atoms with Gasteiger partial charge in [0.2, 0.25) is 11.5 Å². The van der Waals surface area contributed by atoms with Gasteiger partial charge in [0.25, 0.3) is 0 Å². The van der Waals surface area contributed by atoms with Crippen LogP contribution < -0.4 is 14.2 Å². The fourth-order valence-electron chi connectivity index (χ4n) is 2.35. The lowest BCUT2D eigenvalue weighted by atomic mass is 10.1. The smallest absolute Gasteiger partial charge is 0.205 e. The number of halogens is 1. The number of hydrogen-bond acceptors (Lipinski definition) is 5. The molecule has 0 aliphatic heterocycles. The second-order valence-corrected chi connectivity index (χ2v) is 5.63. The molecule has 2 aromatic rings. The van der Waals surface area contributed by atoms with E-state index in [1.165, 1.54) is 13.2 Å². The summed E-state index contributed by atoms with van der Waals surface area (Å²) in [7, 11) is 4.63. The summed E-state index contributed by atoms with van der Waals surface area (Å²) in [6.07, 6.45) is 4.78. The summed E-state index contributed by atoms with van der Waals surface area (Å²) in [5.41, 5.74) is 1.22. The summed E-state index contributed by atoms with van der Waals surface area (Å²) in [6, 6.07) is 3.56. The Kier molecular flexibility index (Phi) is 6.03. The summed E-state index contributed by atoms with van der Waals surface area (Å²) in [5, 5.41) is 4.15. The van der Waals surface area contributed by atoms with Gasteiger partial charge >= 0.3 is 0 Å². The molecular weight excluding hydrogens is 376 g/mol. The molecule has 128 valence electrons. The van der Waals surface area contributed by atoms with Crippen molar-refractivity contribution in [2.75, 3.05) is 21.3 Å². The Balaban J connectivity index is 2.38. The van der Waals surface area contributed by atoms with Crippen LogP contribution in [-0.2, 0) is 6.54 Å². The third kappa shape index (κ3) is 3.46. The maximum absolute atomic E-state index is 12.5. The predicted molar refractivity (Wildman–Crippen MR) is 95.1 cm³/mol. The zero-order chi connectivity index (χ0) is 17.7. The van der Waals surface area contributed by atoms with Crippen LogP contribution in [-0.4, -0.2) is 36.9 Å². The third-order valence-corrected chi connectivity index (χ3v) is 4.06. The van der Waals surface area contributed by atoms with Gasteiger partial charge < -0.3 is 14.2 Å². The van der Waals surface area contributed by atoms with Crippen molar-refractivity contribution >= 4 is 27.8 Å². The van der Waals surface area contributed by atoms with Gasteiger partial charge in [-0.2, -0.15) is 5.10 Å². The molecule has 1 heterocycles. The van der Waals surface area contributed by atoms with Crippen LogP contribution in [0, 0.1) is 0 Å². The highest BCUT2D eigenvalue weighted by molar-refractivity contribution is 9.10. The highest BCUT2D eigenvalue weighted by Crippen LogP contribution is 2.40. The fourth-order valence-corrected chi connectivity index (χ4v) is 2.84. The molecule has 0 bridgehead atoms. The molecule has 1 aromatic heterocycles. The molecule has 0 aliphatic carbocycles. The van der Waals surface area contributed by atoms with E-state index in [9.17, 15) is 4.79 Å². The van der Waals surface area contributed by atoms with Gasteiger partial charge in [-0.1, -0.05) is 0 Å². The lowest BCUT2D eigenvalue weighted by Gasteiger charge is -2.13. The number of allylic oxidation sites excluding steroid dienone is 1. The van der Waals surface area contributed by atoms with E-state index in [4.69, 9.17) is 14.2 Å². The fraction of sp³-hybridized carbons (Fsp3) is 0.294. The number of rotatable bonds is 7. The molecule has 0 aliphatic rings. The summed E-state index contributed by atoms with van der Waals surface area (Å²) in [6.45, 7) is 2.54. The number of methoxy groups -OCH3 is 3. The van der Waals surface area contributed by atoms with Crippen LogP contribution in [0.15, 0.2) is 28.9 Å². The van der Waals surface area contributed by atoms with Gasteiger partial charge in [-0.25, -0.2) is 0 Å². The Bertz CT molecular complexity index is 768. The Morgan fingerprint density at radius 2 is 1.92 bits per heavy atom. The van der Waals surface area contributed by atoms with Gasteiger partial charge in [0.15, 0.2) is 11.5 Å². The molecule has 1 aromatic carbocycles.